The zero-order valence-electron chi connectivity index (χ0n) is 19.5. The van der Waals surface area contributed by atoms with E-state index in [1.807, 2.05) is 29.2 Å². The second kappa shape index (κ2) is 10.1. The molecule has 1 saturated heterocycles. The van der Waals surface area contributed by atoms with Gasteiger partial charge in [-0.15, -0.1) is 0 Å². The third-order valence-corrected chi connectivity index (χ3v) is 6.65. The van der Waals surface area contributed by atoms with Gasteiger partial charge in [0.15, 0.2) is 0 Å². The van der Waals surface area contributed by atoms with Crippen molar-refractivity contribution < 1.29 is 14.3 Å². The Morgan fingerprint density at radius 1 is 0.912 bits per heavy atom. The van der Waals surface area contributed by atoms with Crippen molar-refractivity contribution in [3.05, 3.63) is 102 Å². The van der Waals surface area contributed by atoms with Crippen LogP contribution in [0.3, 0.4) is 0 Å². The van der Waals surface area contributed by atoms with Crippen molar-refractivity contribution in [2.45, 2.75) is 18.9 Å². The van der Waals surface area contributed by atoms with E-state index in [0.29, 0.717) is 32.7 Å². The van der Waals surface area contributed by atoms with Gasteiger partial charge in [-0.2, -0.15) is 0 Å². The van der Waals surface area contributed by atoms with Crippen molar-refractivity contribution in [3.8, 4) is 5.75 Å². The Morgan fingerprint density at radius 3 is 2.41 bits per heavy atom. The van der Waals surface area contributed by atoms with Crippen LogP contribution < -0.4 is 4.74 Å². The molecular weight excluding hydrogens is 424 g/mol. The van der Waals surface area contributed by atoms with Crippen LogP contribution in [0.4, 0.5) is 0 Å². The summed E-state index contributed by atoms with van der Waals surface area (Å²) in [5.41, 5.74) is 4.60. The van der Waals surface area contributed by atoms with Crippen molar-refractivity contribution in [1.29, 1.82) is 0 Å². The topological polar surface area (TPSA) is 43.7 Å². The van der Waals surface area contributed by atoms with E-state index in [2.05, 4.69) is 65.4 Å². The van der Waals surface area contributed by atoms with E-state index in [4.69, 9.17) is 9.47 Å². The Balaban J connectivity index is 1.59. The summed E-state index contributed by atoms with van der Waals surface area (Å²) in [5.74, 6) is 0.842. The molecule has 1 aliphatic rings. The molecule has 5 heteroatoms. The fourth-order valence-corrected chi connectivity index (χ4v) is 4.92. The monoisotopic (exact) mass is 454 g/mol. The van der Waals surface area contributed by atoms with Gasteiger partial charge in [0.1, 0.15) is 5.75 Å². The van der Waals surface area contributed by atoms with Crippen LogP contribution in [0, 0.1) is 0 Å². The van der Waals surface area contributed by atoms with Crippen molar-refractivity contribution in [2.24, 2.45) is 0 Å². The number of morpholine rings is 1. The Kier molecular flexibility index (Phi) is 6.63. The lowest BCUT2D eigenvalue weighted by Gasteiger charge is -2.29. The summed E-state index contributed by atoms with van der Waals surface area (Å²) in [4.78, 5) is 15.3. The van der Waals surface area contributed by atoms with E-state index in [9.17, 15) is 4.79 Å². The summed E-state index contributed by atoms with van der Waals surface area (Å²) in [6.07, 6.45) is 2.61. The van der Waals surface area contributed by atoms with Gasteiger partial charge < -0.3 is 18.9 Å². The average molecular weight is 455 g/mol. The molecule has 1 fully saturated rings. The Hall–Kier alpha value is -3.57. The third kappa shape index (κ3) is 4.57. The van der Waals surface area contributed by atoms with Crippen LogP contribution >= 0.6 is 0 Å². The Labute approximate surface area is 200 Å². The average Bonchev–Trinajstić information content (AvgIpc) is 3.26. The molecular formula is C29H30N2O3. The number of para-hydroxylation sites is 2. The number of ether oxygens (including phenoxy) is 2. The minimum Gasteiger partial charge on any atom is -0.496 e. The standard InChI is InChI=1S/C29H30N2O3/c1-33-28-14-8-6-12-24(28)25(19-29(32)30-15-17-34-18-16-30)26-21-31(20-22-9-3-2-4-10-22)27-13-7-5-11-23(26)27/h2-14,21,25H,15-20H2,1H3. The van der Waals surface area contributed by atoms with Gasteiger partial charge in [0.25, 0.3) is 0 Å². The number of benzene rings is 3. The summed E-state index contributed by atoms with van der Waals surface area (Å²) >= 11 is 0. The molecule has 2 heterocycles. The first kappa shape index (κ1) is 22.2. The van der Waals surface area contributed by atoms with Crippen LogP contribution in [0.25, 0.3) is 10.9 Å². The molecule has 1 aromatic heterocycles. The number of aromatic nitrogens is 1. The van der Waals surface area contributed by atoms with E-state index in [-0.39, 0.29) is 11.8 Å². The summed E-state index contributed by atoms with van der Waals surface area (Å²) < 4.78 is 13.5. The summed E-state index contributed by atoms with van der Waals surface area (Å²) in [5, 5.41) is 1.17. The van der Waals surface area contributed by atoms with Crippen molar-refractivity contribution in [1.82, 2.24) is 9.47 Å². The summed E-state index contributed by atoms with van der Waals surface area (Å²) in [6.45, 7) is 3.26. The van der Waals surface area contributed by atoms with Crippen LogP contribution in [0.15, 0.2) is 85.1 Å². The molecule has 5 nitrogen and oxygen atoms in total. The lowest BCUT2D eigenvalue weighted by Crippen LogP contribution is -2.41. The minimum atomic E-state index is -0.117. The molecule has 0 N–H and O–H groups in total. The maximum Gasteiger partial charge on any atom is 0.223 e. The van der Waals surface area contributed by atoms with Crippen molar-refractivity contribution in [3.63, 3.8) is 0 Å². The smallest absolute Gasteiger partial charge is 0.223 e. The van der Waals surface area contributed by atoms with Crippen molar-refractivity contribution in [2.75, 3.05) is 33.4 Å². The summed E-state index contributed by atoms with van der Waals surface area (Å²) in [6, 6.07) is 27.0. The fraction of sp³-hybridized carbons (Fsp3) is 0.276. The van der Waals surface area contributed by atoms with Crippen LogP contribution in [0.2, 0.25) is 0 Å². The lowest BCUT2D eigenvalue weighted by molar-refractivity contribution is -0.135. The molecule has 4 aromatic rings. The normalized spacial score (nSPS) is 14.8. The van der Waals surface area contributed by atoms with Gasteiger partial charge in [-0.05, 0) is 23.3 Å². The number of hydrogen-bond donors (Lipinski definition) is 0. The number of nitrogens with zero attached hydrogens (tertiary/aromatic N) is 2. The molecule has 1 atom stereocenters. The first-order valence-electron chi connectivity index (χ1n) is 11.8. The van der Waals surface area contributed by atoms with E-state index >= 15 is 0 Å². The molecule has 174 valence electrons. The van der Waals surface area contributed by atoms with E-state index in [0.717, 1.165) is 23.4 Å². The van der Waals surface area contributed by atoms with Gasteiger partial charge in [0.2, 0.25) is 5.91 Å². The number of fused-ring (bicyclic) bond motifs is 1. The van der Waals surface area contributed by atoms with E-state index in [1.165, 1.54) is 16.5 Å². The second-order valence-electron chi connectivity index (χ2n) is 8.71. The van der Waals surface area contributed by atoms with Crippen molar-refractivity contribution >= 4 is 16.8 Å². The van der Waals surface area contributed by atoms with Gasteiger partial charge in [-0.3, -0.25) is 4.79 Å². The van der Waals surface area contributed by atoms with Gasteiger partial charge >= 0.3 is 0 Å². The number of rotatable bonds is 7. The molecule has 1 aliphatic heterocycles. The molecule has 0 radical (unpaired) electrons. The largest absolute Gasteiger partial charge is 0.496 e. The summed E-state index contributed by atoms with van der Waals surface area (Å²) in [7, 11) is 1.69. The first-order chi connectivity index (χ1) is 16.7. The molecule has 5 rings (SSSR count). The molecule has 0 bridgehead atoms. The van der Waals surface area contributed by atoms with Crippen LogP contribution in [-0.4, -0.2) is 48.8 Å². The SMILES string of the molecule is COc1ccccc1C(CC(=O)N1CCOCC1)c1cn(Cc2ccccc2)c2ccccc12. The fourth-order valence-electron chi connectivity index (χ4n) is 4.92. The van der Waals surface area contributed by atoms with Gasteiger partial charge in [-0.25, -0.2) is 0 Å². The van der Waals surface area contributed by atoms with Gasteiger partial charge in [-0.1, -0.05) is 66.7 Å². The maximum absolute atomic E-state index is 13.4. The number of amides is 1. The quantitative estimate of drug-likeness (QED) is 0.391. The van der Waals surface area contributed by atoms with E-state index < -0.39 is 0 Å². The third-order valence-electron chi connectivity index (χ3n) is 6.65. The molecule has 3 aromatic carbocycles. The van der Waals surface area contributed by atoms with Gasteiger partial charge in [0, 0.05) is 54.6 Å². The number of hydrogen-bond acceptors (Lipinski definition) is 3. The molecule has 1 unspecified atom stereocenters. The molecule has 0 spiro atoms. The highest BCUT2D eigenvalue weighted by Gasteiger charge is 2.28. The van der Waals surface area contributed by atoms with E-state index in [1.54, 1.807) is 7.11 Å². The highest BCUT2D eigenvalue weighted by molar-refractivity contribution is 5.87. The molecule has 34 heavy (non-hydrogen) atoms. The minimum absolute atomic E-state index is 0.117. The molecule has 0 aliphatic carbocycles. The zero-order chi connectivity index (χ0) is 23.3. The number of carbonyl (C=O) groups excluding carboxylic acids is 1. The number of carbonyl (C=O) groups is 1. The second-order valence-corrected chi connectivity index (χ2v) is 8.71. The van der Waals surface area contributed by atoms with Crippen LogP contribution in [0.5, 0.6) is 5.75 Å². The Morgan fingerprint density at radius 2 is 1.62 bits per heavy atom. The molecule has 0 saturated carbocycles. The first-order valence-corrected chi connectivity index (χ1v) is 11.8. The number of methoxy groups -OCH3 is 1. The highest BCUT2D eigenvalue weighted by Crippen LogP contribution is 2.39. The lowest BCUT2D eigenvalue weighted by atomic mass is 9.87. The highest BCUT2D eigenvalue weighted by atomic mass is 16.5. The molecule has 1 amide bonds. The van der Waals surface area contributed by atoms with Crippen LogP contribution in [0.1, 0.15) is 29.0 Å². The predicted octanol–water partition coefficient (Wildman–Crippen LogP) is 5.08. The maximum atomic E-state index is 13.4. The zero-order valence-corrected chi connectivity index (χ0v) is 19.5. The van der Waals surface area contributed by atoms with Crippen LogP contribution in [-0.2, 0) is 16.1 Å². The Bertz CT molecular complexity index is 1260. The predicted molar refractivity (Wildman–Crippen MR) is 134 cm³/mol. The van der Waals surface area contributed by atoms with Gasteiger partial charge in [0.05, 0.1) is 20.3 Å².